The molecule has 0 saturated heterocycles. The minimum Gasteiger partial charge on any atom is -0.311 e. The minimum atomic E-state index is -2.37. The van der Waals surface area contributed by atoms with Crippen molar-refractivity contribution < 1.29 is 4.11 Å². The lowest BCUT2D eigenvalue weighted by molar-refractivity contribution is 0.332. The van der Waals surface area contributed by atoms with Crippen molar-refractivity contribution >= 4 is 57.2 Å². The van der Waals surface area contributed by atoms with Gasteiger partial charge in [-0.3, -0.25) is 0 Å². The van der Waals surface area contributed by atoms with Crippen molar-refractivity contribution in [2.24, 2.45) is 0 Å². The zero-order valence-electron chi connectivity index (χ0n) is 48.7. The van der Waals surface area contributed by atoms with Crippen molar-refractivity contribution in [3.63, 3.8) is 0 Å². The van der Waals surface area contributed by atoms with E-state index in [1.807, 2.05) is 0 Å². The van der Waals surface area contributed by atoms with Gasteiger partial charge in [-0.2, -0.15) is 0 Å². The molecule has 360 valence electrons. The molecule has 0 N–H and O–H groups in total. The molecular weight excluding hydrogens is 844 g/mol. The van der Waals surface area contributed by atoms with Crippen LogP contribution in [0.5, 0.6) is 0 Å². The molecule has 6 aliphatic rings. The molecule has 0 unspecified atom stereocenters. The van der Waals surface area contributed by atoms with Gasteiger partial charge in [0.1, 0.15) is 0 Å². The smallest absolute Gasteiger partial charge is 0.252 e. The van der Waals surface area contributed by atoms with E-state index in [9.17, 15) is 4.11 Å². The van der Waals surface area contributed by atoms with Crippen molar-refractivity contribution in [3.05, 3.63) is 147 Å². The normalized spacial score (nSPS) is 22.2. The van der Waals surface area contributed by atoms with E-state index < -0.39 is 6.85 Å². The predicted octanol–water partition coefficient (Wildman–Crippen LogP) is 16.3. The van der Waals surface area contributed by atoms with Gasteiger partial charge in [0.05, 0.1) is 5.69 Å². The summed E-state index contributed by atoms with van der Waals surface area (Å²) < 4.78 is 28.0. The van der Waals surface area contributed by atoms with Crippen LogP contribution in [-0.4, -0.2) is 6.71 Å². The number of anilines is 6. The SMILES string of the molecule is [2H]C([2H])([2H])c1cc2c3c(c1)N(c1cccc4c1C(C)(C)c1cc(C(C)(C)C)ccc1-4)c1cc4c(cc1B3c1cc3c(cc1N2c1ccc2c(c1)C(C)(C)CCC2(C)C)C(C)(C)CCC3(C)C)C(C)(C)CC4(C)C. The zero-order chi connectivity index (χ0) is 52.5. The highest BCUT2D eigenvalue weighted by molar-refractivity contribution is 7.00. The standard InChI is InChI=1S/C67H79BN2/c1-39-30-56-59-57(31-39)70(53-21-19-20-43-42-24-22-40(60(2,3)4)32-45(42)67(17,18)58(43)53)55-37-50-48(65(13,14)38-66(50,15)16)35-52(55)68(59)51-34-47-49(64(11,12)29-28-63(47,9)10)36-54(51)69(56)41-23-25-44-46(33-41)62(7,8)27-26-61(44,5)6/h19-25,30-37H,26-29,38H2,1-18H3/i1D3. The summed E-state index contributed by atoms with van der Waals surface area (Å²) >= 11 is 0. The van der Waals surface area contributed by atoms with Crippen LogP contribution >= 0.6 is 0 Å². The molecule has 12 rings (SSSR count). The fourth-order valence-corrected chi connectivity index (χ4v) is 15.3. The monoisotopic (exact) mass is 926 g/mol. The molecule has 4 aliphatic carbocycles. The maximum Gasteiger partial charge on any atom is 0.252 e. The number of hydrogen-bond acceptors (Lipinski definition) is 2. The lowest BCUT2D eigenvalue weighted by Crippen LogP contribution is -2.62. The van der Waals surface area contributed by atoms with Crippen LogP contribution in [0.2, 0.25) is 0 Å². The molecule has 3 heteroatoms. The second kappa shape index (κ2) is 13.9. The highest BCUT2D eigenvalue weighted by atomic mass is 15.2. The molecule has 2 heterocycles. The van der Waals surface area contributed by atoms with Crippen molar-refractivity contribution in [3.8, 4) is 11.1 Å². The lowest BCUT2D eigenvalue weighted by atomic mass is 9.32. The van der Waals surface area contributed by atoms with Gasteiger partial charge in [-0.05, 0) is 202 Å². The number of benzene rings is 6. The molecule has 2 aliphatic heterocycles. The summed E-state index contributed by atoms with van der Waals surface area (Å²) in [4.78, 5) is 5.06. The Balaban J connectivity index is 1.23. The van der Waals surface area contributed by atoms with E-state index in [1.54, 1.807) is 0 Å². The Labute approximate surface area is 427 Å². The fraction of sp³-hybridized carbons (Fsp3) is 0.463. The average Bonchev–Trinajstić information content (AvgIpc) is 3.64. The predicted molar refractivity (Wildman–Crippen MR) is 303 cm³/mol. The zero-order valence-corrected chi connectivity index (χ0v) is 45.7. The molecule has 0 fully saturated rings. The van der Waals surface area contributed by atoms with Crippen molar-refractivity contribution in [1.29, 1.82) is 0 Å². The van der Waals surface area contributed by atoms with Gasteiger partial charge in [0, 0.05) is 38.0 Å². The molecular formula is C67H79BN2. The van der Waals surface area contributed by atoms with E-state index in [1.165, 1.54) is 89.0 Å². The summed E-state index contributed by atoms with van der Waals surface area (Å²) in [7, 11) is 0. The third-order valence-electron chi connectivity index (χ3n) is 19.4. The third-order valence-corrected chi connectivity index (χ3v) is 19.4. The van der Waals surface area contributed by atoms with Crippen LogP contribution in [0.4, 0.5) is 34.1 Å². The Morgan fingerprint density at radius 1 is 0.457 bits per heavy atom. The van der Waals surface area contributed by atoms with E-state index >= 15 is 0 Å². The quantitative estimate of drug-likeness (QED) is 0.159. The molecule has 0 amide bonds. The van der Waals surface area contributed by atoms with Crippen molar-refractivity contribution in [2.45, 2.75) is 200 Å². The number of rotatable bonds is 2. The van der Waals surface area contributed by atoms with Gasteiger partial charge in [0.15, 0.2) is 0 Å². The van der Waals surface area contributed by atoms with Crippen LogP contribution < -0.4 is 26.2 Å². The Hall–Kier alpha value is -5.02. The van der Waals surface area contributed by atoms with Crippen LogP contribution in [0.1, 0.15) is 210 Å². The van der Waals surface area contributed by atoms with E-state index in [0.29, 0.717) is 5.56 Å². The maximum absolute atomic E-state index is 9.34. The molecule has 0 radical (unpaired) electrons. The number of fused-ring (bicyclic) bond motifs is 10. The summed E-state index contributed by atoms with van der Waals surface area (Å²) in [6, 6.07) is 35.8. The topological polar surface area (TPSA) is 6.48 Å². The van der Waals surface area contributed by atoms with Crippen LogP contribution in [0.3, 0.4) is 0 Å². The number of hydrogen-bond donors (Lipinski definition) is 0. The van der Waals surface area contributed by atoms with Gasteiger partial charge in [0.25, 0.3) is 6.71 Å². The van der Waals surface area contributed by atoms with Crippen molar-refractivity contribution in [2.75, 3.05) is 9.80 Å². The van der Waals surface area contributed by atoms with E-state index in [4.69, 9.17) is 0 Å². The van der Waals surface area contributed by atoms with Gasteiger partial charge < -0.3 is 9.80 Å². The van der Waals surface area contributed by atoms with Gasteiger partial charge in [-0.25, -0.2) is 0 Å². The first kappa shape index (κ1) is 42.6. The summed E-state index contributed by atoms with van der Waals surface area (Å²) in [6.07, 6.45) is 5.53. The molecule has 6 aromatic carbocycles. The Morgan fingerprint density at radius 2 is 0.971 bits per heavy atom. The Bertz CT molecular complexity index is 3400. The number of aryl methyl sites for hydroxylation is 1. The van der Waals surface area contributed by atoms with E-state index in [-0.39, 0.29) is 50.0 Å². The average molecular weight is 926 g/mol. The second-order valence-corrected chi connectivity index (χ2v) is 28.5. The molecule has 2 nitrogen and oxygen atoms in total. The molecule has 0 atom stereocenters. The first-order chi connectivity index (χ1) is 33.7. The largest absolute Gasteiger partial charge is 0.311 e. The highest BCUT2D eigenvalue weighted by Crippen LogP contribution is 2.59. The van der Waals surface area contributed by atoms with Crippen molar-refractivity contribution in [1.82, 2.24) is 0 Å². The third kappa shape index (κ3) is 6.24. The summed E-state index contributed by atoms with van der Waals surface area (Å²) in [5.41, 5.74) is 25.2. The first-order valence-electron chi connectivity index (χ1n) is 28.3. The first-order valence-corrected chi connectivity index (χ1v) is 26.8. The van der Waals surface area contributed by atoms with E-state index in [0.717, 1.165) is 54.9 Å². The summed E-state index contributed by atoms with van der Waals surface area (Å²) in [5.74, 6) is 0. The Morgan fingerprint density at radius 3 is 1.56 bits per heavy atom. The molecule has 6 aromatic rings. The highest BCUT2D eigenvalue weighted by Gasteiger charge is 2.51. The molecule has 0 spiro atoms. The van der Waals surface area contributed by atoms with Crippen LogP contribution in [0.15, 0.2) is 91.0 Å². The van der Waals surface area contributed by atoms with Crippen LogP contribution in [0.25, 0.3) is 11.1 Å². The van der Waals surface area contributed by atoms with Gasteiger partial charge >= 0.3 is 0 Å². The maximum atomic E-state index is 9.34. The summed E-state index contributed by atoms with van der Waals surface area (Å²) in [5, 5.41) is 0. The van der Waals surface area contributed by atoms with Gasteiger partial charge in [0.2, 0.25) is 0 Å². The molecule has 70 heavy (non-hydrogen) atoms. The van der Waals surface area contributed by atoms with E-state index in [2.05, 4.69) is 218 Å². The van der Waals surface area contributed by atoms with Gasteiger partial charge in [-0.1, -0.05) is 166 Å². The number of nitrogens with zero attached hydrogens (tertiary/aromatic N) is 2. The lowest BCUT2D eigenvalue weighted by Gasteiger charge is -2.48. The molecule has 0 bridgehead atoms. The second-order valence-electron chi connectivity index (χ2n) is 28.5. The fourth-order valence-electron chi connectivity index (χ4n) is 15.3. The minimum absolute atomic E-state index is 0.00430. The summed E-state index contributed by atoms with van der Waals surface area (Å²) in [6.45, 7) is 38.4. The Kier molecular flexibility index (Phi) is 8.49. The van der Waals surface area contributed by atoms with Crippen LogP contribution in [0, 0.1) is 6.85 Å². The molecule has 0 aromatic heterocycles. The molecule has 0 saturated carbocycles. The van der Waals surface area contributed by atoms with Gasteiger partial charge in [-0.15, -0.1) is 0 Å². The van der Waals surface area contributed by atoms with Crippen LogP contribution in [-0.2, 0) is 43.3 Å².